The molecule has 1 heterocycles. The minimum atomic E-state index is -2.20. The van der Waals surface area contributed by atoms with Crippen LogP contribution in [0.2, 0.25) is 0 Å². The summed E-state index contributed by atoms with van der Waals surface area (Å²) in [6.45, 7) is 5.26. The molecule has 0 spiro atoms. The molecule has 0 bridgehead atoms. The molecule has 4 rings (SSSR count). The van der Waals surface area contributed by atoms with Gasteiger partial charge in [0.2, 0.25) is 0 Å². The van der Waals surface area contributed by atoms with Gasteiger partial charge in [-0.1, -0.05) is 42.5 Å². The molecule has 0 fully saturated rings. The Bertz CT molecular complexity index is 1120. The van der Waals surface area contributed by atoms with Gasteiger partial charge < -0.3 is 0 Å². The predicted octanol–water partition coefficient (Wildman–Crippen LogP) is 5.40. The predicted molar refractivity (Wildman–Crippen MR) is 87.8 cm³/mol. The molecule has 1 aromatic heterocycles. The van der Waals surface area contributed by atoms with Crippen LogP contribution in [0.5, 0.6) is 0 Å². The molecule has 4 aromatic rings. The summed E-state index contributed by atoms with van der Waals surface area (Å²) in [5.41, 5.74) is 1.52. The zero-order valence-corrected chi connectivity index (χ0v) is 11.1. The van der Waals surface area contributed by atoms with Crippen LogP contribution < -0.4 is 0 Å². The van der Waals surface area contributed by atoms with Gasteiger partial charge in [0.05, 0.1) is 12.1 Å². The first kappa shape index (κ1) is 9.10. The minimum absolute atomic E-state index is 0.223. The third kappa shape index (κ3) is 1.61. The summed E-state index contributed by atoms with van der Waals surface area (Å²) in [6.07, 6.45) is 1.41. The summed E-state index contributed by atoms with van der Waals surface area (Å²) in [5, 5.41) is 4.39. The van der Waals surface area contributed by atoms with Crippen molar-refractivity contribution in [1.82, 2.24) is 4.98 Å². The second-order valence-corrected chi connectivity index (χ2v) is 4.98. The van der Waals surface area contributed by atoms with Crippen molar-refractivity contribution in [2.75, 3.05) is 0 Å². The number of aromatic nitrogens is 1. The topological polar surface area (TPSA) is 17.2 Å². The number of rotatable bonds is 0. The molecular weight excluding hydrogens is 256 g/mol. The van der Waals surface area contributed by atoms with E-state index in [4.69, 9.17) is 10.7 Å². The van der Waals surface area contributed by atoms with E-state index in [1.807, 2.05) is 36.4 Å². The van der Waals surface area contributed by atoms with Crippen molar-refractivity contribution < 1.29 is 4.11 Å². The molecule has 21 heavy (non-hydrogen) atoms. The Kier molecular flexibility index (Phi) is 1.86. The molecule has 2 heteroatoms. The lowest BCUT2D eigenvalue weighted by atomic mass is 9.95. The van der Waals surface area contributed by atoms with Crippen LogP contribution in [0, 0.1) is 13.4 Å². The lowest BCUT2D eigenvalue weighted by molar-refractivity contribution is 1.35. The van der Waals surface area contributed by atoms with E-state index in [0.29, 0.717) is 5.69 Å². The van der Waals surface area contributed by atoms with E-state index >= 15 is 0 Å². The molecule has 0 saturated heterocycles. The summed E-state index contributed by atoms with van der Waals surface area (Å²) < 4.78 is 22.9. The second-order valence-electron chi connectivity index (χ2n) is 4.98. The van der Waals surface area contributed by atoms with E-state index in [2.05, 4.69) is 9.83 Å². The van der Waals surface area contributed by atoms with Crippen molar-refractivity contribution >= 4 is 38.1 Å². The third-order valence-corrected chi connectivity index (χ3v) is 3.79. The fourth-order valence-electron chi connectivity index (χ4n) is 2.93. The van der Waals surface area contributed by atoms with Crippen LogP contribution in [0.15, 0.2) is 54.7 Å². The molecule has 0 aliphatic rings. The normalized spacial score (nSPS) is 13.8. The van der Waals surface area contributed by atoms with E-state index in [1.165, 1.54) is 6.20 Å². The summed E-state index contributed by atoms with van der Waals surface area (Å²) in [4.78, 5) is 8.08. The van der Waals surface area contributed by atoms with Gasteiger partial charge in [0, 0.05) is 15.7 Å². The Labute approximate surface area is 126 Å². The van der Waals surface area contributed by atoms with Crippen molar-refractivity contribution in [1.29, 1.82) is 0 Å². The van der Waals surface area contributed by atoms with Gasteiger partial charge in [0.25, 0.3) is 0 Å². The van der Waals surface area contributed by atoms with Gasteiger partial charge in [0.15, 0.2) is 5.69 Å². The highest BCUT2D eigenvalue weighted by atomic mass is 14.7. The van der Waals surface area contributed by atoms with Gasteiger partial charge in [-0.3, -0.25) is 4.98 Å². The minimum Gasteiger partial charge on any atom is -0.255 e. The van der Waals surface area contributed by atoms with Crippen LogP contribution >= 0.6 is 0 Å². The number of pyridine rings is 1. The van der Waals surface area contributed by atoms with Crippen molar-refractivity contribution in [3.8, 4) is 0 Å². The zero-order valence-electron chi connectivity index (χ0n) is 14.1. The van der Waals surface area contributed by atoms with Crippen LogP contribution in [0.25, 0.3) is 37.3 Å². The number of hydrogen-bond acceptors (Lipinski definition) is 1. The van der Waals surface area contributed by atoms with Gasteiger partial charge in [-0.2, -0.15) is 0 Å². The third-order valence-electron chi connectivity index (χ3n) is 3.79. The molecule has 3 aromatic carbocycles. The highest BCUT2D eigenvalue weighted by Crippen LogP contribution is 2.38. The first-order chi connectivity index (χ1) is 11.5. The SMILES string of the molecule is [2H]C([2H])([2H])c1cnc2c(c1)c1ccccc1c1c([N+]#[C-])cccc21. The molecule has 0 N–H and O–H groups in total. The summed E-state index contributed by atoms with van der Waals surface area (Å²) in [7, 11) is 0. The van der Waals surface area contributed by atoms with E-state index in [1.54, 1.807) is 12.1 Å². The summed E-state index contributed by atoms with van der Waals surface area (Å²) >= 11 is 0. The zero-order chi connectivity index (χ0) is 16.9. The van der Waals surface area contributed by atoms with Crippen molar-refractivity contribution in [2.45, 2.75) is 6.85 Å². The van der Waals surface area contributed by atoms with Gasteiger partial charge >= 0.3 is 0 Å². The first-order valence-electron chi connectivity index (χ1n) is 8.12. The van der Waals surface area contributed by atoms with Gasteiger partial charge in [0.1, 0.15) is 0 Å². The molecule has 0 aliphatic carbocycles. The Morgan fingerprint density at radius 1 is 1.00 bits per heavy atom. The maximum atomic E-state index is 7.64. The molecule has 98 valence electrons. The number of benzene rings is 3. The molecule has 0 unspecified atom stereocenters. The van der Waals surface area contributed by atoms with Gasteiger partial charge in [-0.05, 0) is 40.0 Å². The van der Waals surface area contributed by atoms with Crippen LogP contribution in [-0.4, -0.2) is 4.98 Å². The maximum absolute atomic E-state index is 7.64. The van der Waals surface area contributed by atoms with E-state index in [9.17, 15) is 0 Å². The van der Waals surface area contributed by atoms with E-state index in [-0.39, 0.29) is 5.56 Å². The second kappa shape index (κ2) is 4.29. The molecule has 2 nitrogen and oxygen atoms in total. The average Bonchev–Trinajstić information content (AvgIpc) is 2.60. The molecule has 0 saturated carbocycles. The molecule has 0 amide bonds. The van der Waals surface area contributed by atoms with Crippen molar-refractivity contribution in [3.63, 3.8) is 0 Å². The summed E-state index contributed by atoms with van der Waals surface area (Å²) in [5.74, 6) is 0. The van der Waals surface area contributed by atoms with E-state index in [0.717, 1.165) is 32.4 Å². The Balaban J connectivity index is 2.31. The van der Waals surface area contributed by atoms with Crippen LogP contribution in [0.4, 0.5) is 5.69 Å². The largest absolute Gasteiger partial charge is 0.255 e. The molecule has 0 radical (unpaired) electrons. The average molecular weight is 271 g/mol. The first-order valence-corrected chi connectivity index (χ1v) is 6.62. The number of aryl methyl sites for hydroxylation is 1. The monoisotopic (exact) mass is 271 g/mol. The lowest BCUT2D eigenvalue weighted by Crippen LogP contribution is -1.87. The molecule has 0 aliphatic heterocycles. The van der Waals surface area contributed by atoms with Gasteiger partial charge in [-0.15, -0.1) is 0 Å². The fraction of sp³-hybridized carbons (Fsp3) is 0.0526. The standard InChI is InChI=1S/C19H12N2/c1-12-10-16-13-6-3-4-7-14(13)18-15(19(16)21-11-12)8-5-9-17(18)20-2/h3-11H,1H3/i1D3. The number of fused-ring (bicyclic) bond motifs is 6. The number of nitrogens with zero attached hydrogens (tertiary/aromatic N) is 2. The van der Waals surface area contributed by atoms with Crippen LogP contribution in [0.3, 0.4) is 0 Å². The summed E-state index contributed by atoms with van der Waals surface area (Å²) in [6, 6.07) is 15.0. The smallest absolute Gasteiger partial charge is 0.195 e. The maximum Gasteiger partial charge on any atom is 0.195 e. The number of hydrogen-bond donors (Lipinski definition) is 0. The fourth-order valence-corrected chi connectivity index (χ4v) is 2.93. The molecular formula is C19H12N2. The van der Waals surface area contributed by atoms with Crippen LogP contribution in [-0.2, 0) is 0 Å². The highest BCUT2D eigenvalue weighted by Gasteiger charge is 2.11. The van der Waals surface area contributed by atoms with E-state index < -0.39 is 6.85 Å². The van der Waals surface area contributed by atoms with Crippen molar-refractivity contribution in [3.05, 3.63) is 71.7 Å². The molecule has 0 atom stereocenters. The Morgan fingerprint density at radius 2 is 1.81 bits per heavy atom. The van der Waals surface area contributed by atoms with Gasteiger partial charge in [-0.25, -0.2) is 4.85 Å². The quantitative estimate of drug-likeness (QED) is 0.309. The van der Waals surface area contributed by atoms with Crippen molar-refractivity contribution in [2.24, 2.45) is 0 Å². The Morgan fingerprint density at radius 3 is 2.62 bits per heavy atom. The van der Waals surface area contributed by atoms with Crippen LogP contribution in [0.1, 0.15) is 9.68 Å². The highest BCUT2D eigenvalue weighted by molar-refractivity contribution is 6.27. The lowest BCUT2D eigenvalue weighted by Gasteiger charge is -2.11. The Hall–Kier alpha value is -2.92.